The van der Waals surface area contributed by atoms with Crippen LogP contribution in [0.5, 0.6) is 0 Å². The zero-order valence-corrected chi connectivity index (χ0v) is 12.5. The molecule has 0 atom stereocenters. The Kier molecular flexibility index (Phi) is 4.59. The van der Waals surface area contributed by atoms with Crippen LogP contribution < -0.4 is 10.0 Å². The molecular weight excluding hydrogens is 291 g/mol. The van der Waals surface area contributed by atoms with Crippen molar-refractivity contribution in [3.63, 3.8) is 0 Å². The Labute approximate surface area is 124 Å². The van der Waals surface area contributed by atoms with Gasteiger partial charge in [-0.3, -0.25) is 4.31 Å². The smallest absolute Gasteiger partial charge is 0.267 e. The highest BCUT2D eigenvalue weighted by atomic mass is 32.2. The second-order valence-electron chi connectivity index (χ2n) is 4.47. The van der Waals surface area contributed by atoms with Gasteiger partial charge in [0.25, 0.3) is 10.0 Å². The van der Waals surface area contributed by atoms with Gasteiger partial charge in [0.2, 0.25) is 0 Å². The minimum Gasteiger partial charge on any atom is -0.326 e. The Morgan fingerprint density at radius 3 is 2.33 bits per heavy atom. The molecule has 2 N–H and O–H groups in total. The molecule has 0 aliphatic rings. The van der Waals surface area contributed by atoms with Gasteiger partial charge in [0, 0.05) is 13.1 Å². The van der Waals surface area contributed by atoms with E-state index in [1.165, 1.54) is 16.4 Å². The summed E-state index contributed by atoms with van der Waals surface area (Å²) in [5.41, 5.74) is 6.48. The van der Waals surface area contributed by atoms with Crippen LogP contribution in [0.4, 0.5) is 10.1 Å². The van der Waals surface area contributed by atoms with Crippen LogP contribution in [-0.4, -0.2) is 15.0 Å². The van der Waals surface area contributed by atoms with Gasteiger partial charge in [-0.25, -0.2) is 12.8 Å². The number of nitrogens with zero attached hydrogens (tertiary/aromatic N) is 1. The summed E-state index contributed by atoms with van der Waals surface area (Å²) in [6.45, 7) is 2.08. The van der Waals surface area contributed by atoms with E-state index in [0.29, 0.717) is 11.3 Å². The van der Waals surface area contributed by atoms with Gasteiger partial charge >= 0.3 is 0 Å². The number of rotatable bonds is 5. The second kappa shape index (κ2) is 6.24. The minimum atomic E-state index is -3.94. The van der Waals surface area contributed by atoms with Crippen molar-refractivity contribution >= 4 is 15.7 Å². The molecule has 0 heterocycles. The molecule has 0 unspecified atom stereocenters. The van der Waals surface area contributed by atoms with Crippen molar-refractivity contribution in [3.8, 4) is 0 Å². The van der Waals surface area contributed by atoms with E-state index >= 15 is 0 Å². The van der Waals surface area contributed by atoms with E-state index in [1.54, 1.807) is 37.3 Å². The Bertz CT molecular complexity index is 718. The number of anilines is 1. The van der Waals surface area contributed by atoms with Crippen LogP contribution in [0.25, 0.3) is 0 Å². The summed E-state index contributed by atoms with van der Waals surface area (Å²) in [4.78, 5) is -0.342. The Morgan fingerprint density at radius 1 is 1.14 bits per heavy atom. The maximum absolute atomic E-state index is 14.1. The third-order valence-corrected chi connectivity index (χ3v) is 5.07. The average molecular weight is 308 g/mol. The summed E-state index contributed by atoms with van der Waals surface area (Å²) in [6, 6.07) is 12.6. The first-order valence-corrected chi connectivity index (χ1v) is 8.01. The SMILES string of the molecule is CCN(c1ccccc1)S(=O)(=O)c1ccc(CN)cc1F. The highest BCUT2D eigenvalue weighted by Gasteiger charge is 2.26. The largest absolute Gasteiger partial charge is 0.326 e. The maximum Gasteiger partial charge on any atom is 0.267 e. The summed E-state index contributed by atoms with van der Waals surface area (Å²) in [5.74, 6) is -0.785. The molecule has 0 spiro atoms. The van der Waals surface area contributed by atoms with Crippen LogP contribution in [0.1, 0.15) is 12.5 Å². The topological polar surface area (TPSA) is 63.4 Å². The van der Waals surface area contributed by atoms with E-state index in [-0.39, 0.29) is 18.0 Å². The number of benzene rings is 2. The molecule has 4 nitrogen and oxygen atoms in total. The van der Waals surface area contributed by atoms with Crippen molar-refractivity contribution in [2.75, 3.05) is 10.8 Å². The van der Waals surface area contributed by atoms with Crippen molar-refractivity contribution in [1.82, 2.24) is 0 Å². The molecule has 21 heavy (non-hydrogen) atoms. The van der Waals surface area contributed by atoms with E-state index in [0.717, 1.165) is 6.07 Å². The molecular formula is C15H17FN2O2S. The molecule has 0 saturated heterocycles. The highest BCUT2D eigenvalue weighted by molar-refractivity contribution is 7.92. The number of hydrogen-bond donors (Lipinski definition) is 1. The monoisotopic (exact) mass is 308 g/mol. The molecule has 2 rings (SSSR count). The van der Waals surface area contributed by atoms with Crippen molar-refractivity contribution in [1.29, 1.82) is 0 Å². The molecule has 2 aromatic rings. The zero-order chi connectivity index (χ0) is 15.5. The predicted molar refractivity (Wildman–Crippen MR) is 80.9 cm³/mol. The van der Waals surface area contributed by atoms with Crippen LogP contribution in [0, 0.1) is 5.82 Å². The van der Waals surface area contributed by atoms with Gasteiger partial charge in [-0.2, -0.15) is 0 Å². The summed E-state index contributed by atoms with van der Waals surface area (Å²) >= 11 is 0. The average Bonchev–Trinajstić information content (AvgIpc) is 2.48. The van der Waals surface area contributed by atoms with E-state index in [4.69, 9.17) is 5.73 Å². The fraction of sp³-hybridized carbons (Fsp3) is 0.200. The molecule has 0 amide bonds. The fourth-order valence-corrected chi connectivity index (χ4v) is 3.61. The van der Waals surface area contributed by atoms with Gasteiger partial charge in [0.15, 0.2) is 0 Å². The normalized spacial score (nSPS) is 11.4. The predicted octanol–water partition coefficient (Wildman–Crippen LogP) is 2.50. The van der Waals surface area contributed by atoms with Crippen LogP contribution in [0.15, 0.2) is 53.4 Å². The van der Waals surface area contributed by atoms with Crippen LogP contribution in [-0.2, 0) is 16.6 Å². The molecule has 0 aliphatic carbocycles. The molecule has 0 radical (unpaired) electrons. The molecule has 0 fully saturated rings. The van der Waals surface area contributed by atoms with Gasteiger partial charge in [0.05, 0.1) is 5.69 Å². The number of hydrogen-bond acceptors (Lipinski definition) is 3. The van der Waals surface area contributed by atoms with Crippen molar-refractivity contribution in [3.05, 3.63) is 59.9 Å². The lowest BCUT2D eigenvalue weighted by molar-refractivity contribution is 0.563. The Morgan fingerprint density at radius 2 is 1.81 bits per heavy atom. The fourth-order valence-electron chi connectivity index (χ4n) is 2.08. The maximum atomic E-state index is 14.1. The zero-order valence-electron chi connectivity index (χ0n) is 11.7. The number of nitrogens with two attached hydrogens (primary N) is 1. The first kappa shape index (κ1) is 15.5. The lowest BCUT2D eigenvalue weighted by atomic mass is 10.2. The van der Waals surface area contributed by atoms with Crippen molar-refractivity contribution < 1.29 is 12.8 Å². The van der Waals surface area contributed by atoms with Gasteiger partial charge in [-0.15, -0.1) is 0 Å². The van der Waals surface area contributed by atoms with Crippen LogP contribution >= 0.6 is 0 Å². The Balaban J connectivity index is 2.50. The molecule has 0 aliphatic heterocycles. The molecule has 0 saturated carbocycles. The number of para-hydroxylation sites is 1. The van der Waals surface area contributed by atoms with Gasteiger partial charge in [0.1, 0.15) is 10.7 Å². The minimum absolute atomic E-state index is 0.160. The first-order chi connectivity index (χ1) is 10.0. The molecule has 0 aromatic heterocycles. The van der Waals surface area contributed by atoms with Crippen molar-refractivity contribution in [2.45, 2.75) is 18.4 Å². The first-order valence-electron chi connectivity index (χ1n) is 6.57. The van der Waals surface area contributed by atoms with Crippen LogP contribution in [0.3, 0.4) is 0 Å². The standard InChI is InChI=1S/C15H17FN2O2S/c1-2-18(13-6-4-3-5-7-13)21(19,20)15-9-8-12(11-17)10-14(15)16/h3-10H,2,11,17H2,1H3. The van der Waals surface area contributed by atoms with Gasteiger partial charge in [-0.1, -0.05) is 24.3 Å². The summed E-state index contributed by atoms with van der Waals surface area (Å²) in [7, 11) is -3.94. The van der Waals surface area contributed by atoms with E-state index < -0.39 is 15.8 Å². The number of sulfonamides is 1. The van der Waals surface area contributed by atoms with Gasteiger partial charge < -0.3 is 5.73 Å². The second-order valence-corrected chi connectivity index (χ2v) is 6.30. The quantitative estimate of drug-likeness (QED) is 0.923. The third-order valence-electron chi connectivity index (χ3n) is 3.13. The summed E-state index contributed by atoms with van der Waals surface area (Å²) in [6.07, 6.45) is 0. The molecule has 6 heteroatoms. The summed E-state index contributed by atoms with van der Waals surface area (Å²) < 4.78 is 40.5. The molecule has 0 bridgehead atoms. The van der Waals surface area contributed by atoms with E-state index in [2.05, 4.69) is 0 Å². The number of halogens is 1. The molecule has 2 aromatic carbocycles. The van der Waals surface area contributed by atoms with E-state index in [9.17, 15) is 12.8 Å². The van der Waals surface area contributed by atoms with E-state index in [1.807, 2.05) is 0 Å². The third kappa shape index (κ3) is 3.06. The Hall–Kier alpha value is -1.92. The highest BCUT2D eigenvalue weighted by Crippen LogP contribution is 2.25. The lowest BCUT2D eigenvalue weighted by Gasteiger charge is -2.23. The summed E-state index contributed by atoms with van der Waals surface area (Å²) in [5, 5.41) is 0. The van der Waals surface area contributed by atoms with Crippen molar-refractivity contribution in [2.24, 2.45) is 5.73 Å². The van der Waals surface area contributed by atoms with Gasteiger partial charge in [-0.05, 0) is 36.8 Å². The van der Waals surface area contributed by atoms with Crippen LogP contribution in [0.2, 0.25) is 0 Å². The molecule has 112 valence electrons. The lowest BCUT2D eigenvalue weighted by Crippen LogP contribution is -2.31.